The molecule has 0 spiro atoms. The number of amides is 2. The van der Waals surface area contributed by atoms with E-state index >= 15 is 0 Å². The first kappa shape index (κ1) is 17.4. The Bertz CT molecular complexity index is 1180. The lowest BCUT2D eigenvalue weighted by molar-refractivity contribution is -0.136. The van der Waals surface area contributed by atoms with Crippen LogP contribution in [0.4, 0.5) is 5.69 Å². The Balaban J connectivity index is 1.21. The number of H-pyrrole nitrogens is 1. The van der Waals surface area contributed by atoms with Gasteiger partial charge in [-0.3, -0.25) is 9.59 Å². The number of hydrogen-bond acceptors (Lipinski definition) is 4. The number of hydrogen-bond donors (Lipinski definition) is 1. The number of fused-ring (bicyclic) bond motifs is 4. The van der Waals surface area contributed by atoms with Crippen molar-refractivity contribution < 1.29 is 19.1 Å². The summed E-state index contributed by atoms with van der Waals surface area (Å²) in [6.07, 6.45) is 1.05. The van der Waals surface area contributed by atoms with E-state index in [1.54, 1.807) is 4.90 Å². The Morgan fingerprint density at radius 2 is 1.97 bits per heavy atom. The molecule has 1 saturated heterocycles. The Morgan fingerprint density at radius 1 is 1.10 bits per heavy atom. The van der Waals surface area contributed by atoms with Crippen molar-refractivity contribution in [2.75, 3.05) is 24.8 Å². The van der Waals surface area contributed by atoms with Gasteiger partial charge < -0.3 is 24.3 Å². The molecule has 3 aliphatic rings. The lowest BCUT2D eigenvalue weighted by atomic mass is 10.0. The number of carbonyl (C=O) groups is 2. The van der Waals surface area contributed by atoms with E-state index in [9.17, 15) is 9.59 Å². The second-order valence-corrected chi connectivity index (χ2v) is 8.08. The average Bonchev–Trinajstić information content (AvgIpc) is 3.48. The highest BCUT2D eigenvalue weighted by molar-refractivity contribution is 6.00. The molecule has 1 fully saturated rings. The van der Waals surface area contributed by atoms with Gasteiger partial charge in [-0.15, -0.1) is 0 Å². The topological polar surface area (TPSA) is 74.9 Å². The van der Waals surface area contributed by atoms with Crippen LogP contribution in [0.2, 0.25) is 0 Å². The van der Waals surface area contributed by atoms with Crippen LogP contribution in [0.1, 0.15) is 17.7 Å². The lowest BCUT2D eigenvalue weighted by Gasteiger charge is -2.29. The van der Waals surface area contributed by atoms with Gasteiger partial charge in [-0.1, -0.05) is 18.2 Å². The van der Waals surface area contributed by atoms with E-state index in [2.05, 4.69) is 17.1 Å². The summed E-state index contributed by atoms with van der Waals surface area (Å²) in [7, 11) is 0. The van der Waals surface area contributed by atoms with Crippen molar-refractivity contribution in [3.8, 4) is 11.5 Å². The molecule has 0 saturated carbocycles. The van der Waals surface area contributed by atoms with Crippen molar-refractivity contribution in [3.63, 3.8) is 0 Å². The van der Waals surface area contributed by atoms with E-state index in [1.165, 1.54) is 16.6 Å². The van der Waals surface area contributed by atoms with E-state index in [-0.39, 0.29) is 30.9 Å². The highest BCUT2D eigenvalue weighted by Gasteiger charge is 2.38. The maximum atomic E-state index is 13.3. The molecule has 7 heteroatoms. The molecule has 1 aromatic heterocycles. The summed E-state index contributed by atoms with van der Waals surface area (Å²) in [4.78, 5) is 33.0. The molecule has 0 aliphatic carbocycles. The molecule has 3 aliphatic heterocycles. The Hall–Kier alpha value is -3.48. The van der Waals surface area contributed by atoms with Crippen LogP contribution in [0.25, 0.3) is 10.9 Å². The zero-order valence-corrected chi connectivity index (χ0v) is 16.4. The fourth-order valence-electron chi connectivity index (χ4n) is 4.79. The van der Waals surface area contributed by atoms with Crippen molar-refractivity contribution in [3.05, 3.63) is 53.7 Å². The standard InChI is InChI=1S/C23H21N3O4/c27-22-9-14(11-26(22)15-5-6-20-21(10-15)30-13-29-20)23(28)25-8-7-19-17(12-25)16-3-1-2-4-18(16)24-19/h1-6,10,14,24H,7-9,11-13H2. The van der Waals surface area contributed by atoms with Gasteiger partial charge in [0.1, 0.15) is 0 Å². The molecule has 0 radical (unpaired) electrons. The molecule has 1 N–H and O–H groups in total. The average molecular weight is 403 g/mol. The molecule has 0 bridgehead atoms. The first-order valence-corrected chi connectivity index (χ1v) is 10.2. The minimum atomic E-state index is -0.324. The fourth-order valence-corrected chi connectivity index (χ4v) is 4.79. The molecule has 7 nitrogen and oxygen atoms in total. The van der Waals surface area contributed by atoms with Crippen molar-refractivity contribution >= 4 is 28.4 Å². The van der Waals surface area contributed by atoms with Gasteiger partial charge in [-0.2, -0.15) is 0 Å². The molecule has 1 atom stereocenters. The van der Waals surface area contributed by atoms with Crippen LogP contribution in [0.5, 0.6) is 11.5 Å². The molecular formula is C23H21N3O4. The molecule has 152 valence electrons. The number of rotatable bonds is 2. The molecule has 6 rings (SSSR count). The number of carbonyl (C=O) groups excluding carboxylic acids is 2. The summed E-state index contributed by atoms with van der Waals surface area (Å²) < 4.78 is 10.8. The van der Waals surface area contributed by atoms with Crippen molar-refractivity contribution in [2.24, 2.45) is 5.92 Å². The SMILES string of the molecule is O=C(C1CC(=O)N(c2ccc3c(c2)OCO3)C1)N1CCc2[nH]c3ccccc3c2C1. The number of aromatic nitrogens is 1. The maximum Gasteiger partial charge on any atom is 0.231 e. The van der Waals surface area contributed by atoms with Crippen LogP contribution in [-0.2, 0) is 22.6 Å². The summed E-state index contributed by atoms with van der Waals surface area (Å²) in [5, 5.41) is 1.18. The number of nitrogens with one attached hydrogen (secondary N) is 1. The van der Waals surface area contributed by atoms with Crippen molar-refractivity contribution in [2.45, 2.75) is 19.4 Å². The summed E-state index contributed by atoms with van der Waals surface area (Å²) in [5.74, 6) is 1.02. The smallest absolute Gasteiger partial charge is 0.231 e. The number of aromatic amines is 1. The number of para-hydroxylation sites is 1. The largest absolute Gasteiger partial charge is 0.454 e. The summed E-state index contributed by atoms with van der Waals surface area (Å²) in [6, 6.07) is 13.7. The van der Waals surface area contributed by atoms with Crippen LogP contribution in [0.3, 0.4) is 0 Å². The van der Waals surface area contributed by atoms with Crippen LogP contribution in [-0.4, -0.2) is 41.6 Å². The van der Waals surface area contributed by atoms with Crippen LogP contribution in [0, 0.1) is 5.92 Å². The Kier molecular flexibility index (Phi) is 3.78. The number of anilines is 1. The van der Waals surface area contributed by atoms with Gasteiger partial charge in [0.25, 0.3) is 0 Å². The van der Waals surface area contributed by atoms with Gasteiger partial charge >= 0.3 is 0 Å². The van der Waals surface area contributed by atoms with Gasteiger partial charge in [-0.25, -0.2) is 0 Å². The van der Waals surface area contributed by atoms with E-state index in [0.29, 0.717) is 31.1 Å². The minimum Gasteiger partial charge on any atom is -0.454 e. The Morgan fingerprint density at radius 3 is 2.90 bits per heavy atom. The van der Waals surface area contributed by atoms with E-state index < -0.39 is 0 Å². The molecule has 1 unspecified atom stereocenters. The number of benzene rings is 2. The van der Waals surface area contributed by atoms with E-state index in [4.69, 9.17) is 9.47 Å². The van der Waals surface area contributed by atoms with E-state index in [0.717, 1.165) is 17.6 Å². The minimum absolute atomic E-state index is 0.0305. The Labute approximate surface area is 173 Å². The summed E-state index contributed by atoms with van der Waals surface area (Å²) >= 11 is 0. The monoisotopic (exact) mass is 403 g/mol. The molecule has 2 amide bonds. The third kappa shape index (κ3) is 2.65. The van der Waals surface area contributed by atoms with Gasteiger partial charge in [0.05, 0.1) is 5.92 Å². The predicted molar refractivity (Wildman–Crippen MR) is 110 cm³/mol. The second kappa shape index (κ2) is 6.52. The third-order valence-electron chi connectivity index (χ3n) is 6.34. The van der Waals surface area contributed by atoms with Gasteiger partial charge in [0.2, 0.25) is 18.6 Å². The van der Waals surface area contributed by atoms with E-state index in [1.807, 2.05) is 35.2 Å². The predicted octanol–water partition coefficient (Wildman–Crippen LogP) is 2.83. The number of nitrogens with zero attached hydrogens (tertiary/aromatic N) is 2. The zero-order chi connectivity index (χ0) is 20.2. The summed E-state index contributed by atoms with van der Waals surface area (Å²) in [6.45, 7) is 1.85. The first-order chi connectivity index (χ1) is 14.7. The molecule has 30 heavy (non-hydrogen) atoms. The molecule has 4 heterocycles. The highest BCUT2D eigenvalue weighted by Crippen LogP contribution is 2.37. The lowest BCUT2D eigenvalue weighted by Crippen LogP contribution is -2.40. The van der Waals surface area contributed by atoms with Gasteiger partial charge in [0, 0.05) is 66.4 Å². The van der Waals surface area contributed by atoms with Gasteiger partial charge in [0.15, 0.2) is 11.5 Å². The normalized spacial score (nSPS) is 20.1. The fraction of sp³-hybridized carbons (Fsp3) is 0.304. The highest BCUT2D eigenvalue weighted by atomic mass is 16.7. The third-order valence-corrected chi connectivity index (χ3v) is 6.34. The summed E-state index contributed by atoms with van der Waals surface area (Å²) in [5.41, 5.74) is 4.27. The van der Waals surface area contributed by atoms with Crippen molar-refractivity contribution in [1.82, 2.24) is 9.88 Å². The number of ether oxygens (including phenoxy) is 2. The quantitative estimate of drug-likeness (QED) is 0.714. The first-order valence-electron chi connectivity index (χ1n) is 10.2. The molecular weight excluding hydrogens is 382 g/mol. The van der Waals surface area contributed by atoms with Gasteiger partial charge in [-0.05, 0) is 18.2 Å². The molecule has 2 aromatic carbocycles. The van der Waals surface area contributed by atoms with Crippen LogP contribution >= 0.6 is 0 Å². The second-order valence-electron chi connectivity index (χ2n) is 8.08. The molecule has 3 aromatic rings. The maximum absolute atomic E-state index is 13.3. The zero-order valence-electron chi connectivity index (χ0n) is 16.4. The van der Waals surface area contributed by atoms with Crippen LogP contribution < -0.4 is 14.4 Å². The van der Waals surface area contributed by atoms with Crippen LogP contribution in [0.15, 0.2) is 42.5 Å². The van der Waals surface area contributed by atoms with Crippen molar-refractivity contribution in [1.29, 1.82) is 0 Å².